The molecule has 158 valence electrons. The lowest BCUT2D eigenvalue weighted by Gasteiger charge is -2.18. The predicted molar refractivity (Wildman–Crippen MR) is 120 cm³/mol. The summed E-state index contributed by atoms with van der Waals surface area (Å²) in [6.07, 6.45) is 0. The number of amides is 1. The summed E-state index contributed by atoms with van der Waals surface area (Å²) in [5, 5.41) is 1.33. The second-order valence-electron chi connectivity index (χ2n) is 6.70. The van der Waals surface area contributed by atoms with Crippen LogP contribution in [-0.2, 0) is 10.0 Å². The number of hydrogen-bond donors (Lipinski definition) is 1. The maximum absolute atomic E-state index is 13.1. The molecule has 0 aliphatic rings. The third kappa shape index (κ3) is 4.41. The van der Waals surface area contributed by atoms with Gasteiger partial charge in [-0.05, 0) is 57.2 Å². The summed E-state index contributed by atoms with van der Waals surface area (Å²) in [4.78, 5) is 14.3. The second-order valence-corrected chi connectivity index (χ2v) is 8.35. The Morgan fingerprint density at radius 2 is 1.53 bits per heavy atom. The first-order valence-corrected chi connectivity index (χ1v) is 11.5. The summed E-state index contributed by atoms with van der Waals surface area (Å²) in [6.45, 7) is 7.46. The minimum Gasteiger partial charge on any atom is -0.493 e. The van der Waals surface area contributed by atoms with Crippen molar-refractivity contribution in [2.24, 2.45) is 0 Å². The third-order valence-electron chi connectivity index (χ3n) is 4.87. The molecular formula is C23H26N2O4S. The summed E-state index contributed by atoms with van der Waals surface area (Å²) >= 11 is 0. The minimum absolute atomic E-state index is 0.0769. The quantitative estimate of drug-likeness (QED) is 0.575. The topological polar surface area (TPSA) is 75.7 Å². The van der Waals surface area contributed by atoms with Crippen LogP contribution in [0.1, 0.15) is 31.1 Å². The highest BCUT2D eigenvalue weighted by Crippen LogP contribution is 2.32. The van der Waals surface area contributed by atoms with E-state index in [0.29, 0.717) is 42.1 Å². The molecule has 0 radical (unpaired) electrons. The first-order valence-electron chi connectivity index (χ1n) is 9.98. The van der Waals surface area contributed by atoms with E-state index in [2.05, 4.69) is 4.72 Å². The molecule has 3 aromatic rings. The number of nitrogens with zero attached hydrogens (tertiary/aromatic N) is 1. The van der Waals surface area contributed by atoms with Gasteiger partial charge >= 0.3 is 0 Å². The number of nitrogens with one attached hydrogen (secondary N) is 1. The minimum atomic E-state index is -3.83. The van der Waals surface area contributed by atoms with Gasteiger partial charge in [0.25, 0.3) is 15.9 Å². The highest BCUT2D eigenvalue weighted by molar-refractivity contribution is 7.93. The van der Waals surface area contributed by atoms with Crippen LogP contribution in [0.25, 0.3) is 10.8 Å². The van der Waals surface area contributed by atoms with Crippen molar-refractivity contribution in [1.29, 1.82) is 0 Å². The number of fused-ring (bicyclic) bond motifs is 1. The second kappa shape index (κ2) is 9.17. The SMILES string of the molecule is CCOc1ccc(S(=O)(=O)Nc2ccc(C(=O)N(CC)CC)cc2)c2ccccc12. The average molecular weight is 427 g/mol. The highest BCUT2D eigenvalue weighted by Gasteiger charge is 2.20. The number of carbonyl (C=O) groups is 1. The van der Waals surface area contributed by atoms with Gasteiger partial charge in [-0.3, -0.25) is 9.52 Å². The van der Waals surface area contributed by atoms with Gasteiger partial charge in [-0.2, -0.15) is 0 Å². The molecule has 3 rings (SSSR count). The highest BCUT2D eigenvalue weighted by atomic mass is 32.2. The van der Waals surface area contributed by atoms with Crippen LogP contribution < -0.4 is 9.46 Å². The molecule has 0 aliphatic heterocycles. The van der Waals surface area contributed by atoms with Crippen molar-refractivity contribution in [2.75, 3.05) is 24.4 Å². The lowest BCUT2D eigenvalue weighted by Crippen LogP contribution is -2.30. The van der Waals surface area contributed by atoms with Crippen molar-refractivity contribution in [1.82, 2.24) is 4.90 Å². The Bertz CT molecular complexity index is 1140. The molecule has 7 heteroatoms. The van der Waals surface area contributed by atoms with Crippen molar-refractivity contribution in [3.05, 3.63) is 66.2 Å². The maximum atomic E-state index is 13.1. The molecule has 0 aliphatic carbocycles. The first-order chi connectivity index (χ1) is 14.4. The Hall–Kier alpha value is -3.06. The van der Waals surface area contributed by atoms with E-state index in [1.165, 1.54) is 0 Å². The Labute approximate surface area is 177 Å². The fourth-order valence-corrected chi connectivity index (χ4v) is 4.61. The van der Waals surface area contributed by atoms with E-state index in [0.717, 1.165) is 5.39 Å². The maximum Gasteiger partial charge on any atom is 0.262 e. The van der Waals surface area contributed by atoms with Crippen LogP contribution in [0.4, 0.5) is 5.69 Å². The molecule has 0 aromatic heterocycles. The van der Waals surface area contributed by atoms with E-state index in [4.69, 9.17) is 4.74 Å². The number of benzene rings is 3. The van der Waals surface area contributed by atoms with Crippen molar-refractivity contribution in [3.8, 4) is 5.75 Å². The summed E-state index contributed by atoms with van der Waals surface area (Å²) < 4.78 is 34.4. The van der Waals surface area contributed by atoms with Crippen molar-refractivity contribution >= 4 is 32.4 Å². The zero-order valence-electron chi connectivity index (χ0n) is 17.4. The molecule has 1 N–H and O–H groups in total. The van der Waals surface area contributed by atoms with Crippen molar-refractivity contribution in [3.63, 3.8) is 0 Å². The summed E-state index contributed by atoms with van der Waals surface area (Å²) in [5.74, 6) is 0.568. The van der Waals surface area contributed by atoms with E-state index in [1.54, 1.807) is 53.4 Å². The van der Waals surface area contributed by atoms with Gasteiger partial charge in [0.05, 0.1) is 11.5 Å². The molecule has 0 spiro atoms. The van der Waals surface area contributed by atoms with Crippen molar-refractivity contribution in [2.45, 2.75) is 25.7 Å². The molecule has 1 amide bonds. The van der Waals surface area contributed by atoms with Crippen molar-refractivity contribution < 1.29 is 17.9 Å². The summed E-state index contributed by atoms with van der Waals surface area (Å²) in [7, 11) is -3.83. The Morgan fingerprint density at radius 3 is 2.13 bits per heavy atom. The molecule has 0 bridgehead atoms. The van der Waals surface area contributed by atoms with Crippen LogP contribution in [-0.4, -0.2) is 38.9 Å². The van der Waals surface area contributed by atoms with Gasteiger partial charge in [-0.1, -0.05) is 24.3 Å². The lowest BCUT2D eigenvalue weighted by atomic mass is 10.1. The van der Waals surface area contributed by atoms with Crippen LogP contribution in [0, 0.1) is 0 Å². The fraction of sp³-hybridized carbons (Fsp3) is 0.261. The van der Waals surface area contributed by atoms with Gasteiger partial charge in [0.1, 0.15) is 5.75 Å². The molecule has 0 saturated carbocycles. The van der Waals surface area contributed by atoms with E-state index in [-0.39, 0.29) is 10.8 Å². The average Bonchev–Trinajstić information content (AvgIpc) is 2.75. The number of hydrogen-bond acceptors (Lipinski definition) is 4. The zero-order valence-corrected chi connectivity index (χ0v) is 18.2. The van der Waals surface area contributed by atoms with Crippen LogP contribution in [0.5, 0.6) is 5.75 Å². The van der Waals surface area contributed by atoms with Crippen LogP contribution in [0.3, 0.4) is 0 Å². The molecule has 0 unspecified atom stereocenters. The molecule has 30 heavy (non-hydrogen) atoms. The lowest BCUT2D eigenvalue weighted by molar-refractivity contribution is 0.0773. The Morgan fingerprint density at radius 1 is 0.900 bits per heavy atom. The van der Waals surface area contributed by atoms with Crippen LogP contribution in [0.15, 0.2) is 65.6 Å². The van der Waals surface area contributed by atoms with E-state index < -0.39 is 10.0 Å². The van der Waals surface area contributed by atoms with E-state index in [9.17, 15) is 13.2 Å². The molecule has 0 heterocycles. The summed E-state index contributed by atoms with van der Waals surface area (Å²) in [6, 6.07) is 16.9. The fourth-order valence-electron chi connectivity index (χ4n) is 3.34. The van der Waals surface area contributed by atoms with Gasteiger partial charge in [-0.25, -0.2) is 8.42 Å². The Balaban J connectivity index is 1.91. The zero-order chi connectivity index (χ0) is 21.7. The number of sulfonamides is 1. The van der Waals surface area contributed by atoms with Gasteiger partial charge < -0.3 is 9.64 Å². The van der Waals surface area contributed by atoms with Crippen LogP contribution >= 0.6 is 0 Å². The summed E-state index contributed by atoms with van der Waals surface area (Å²) in [5.41, 5.74) is 0.914. The van der Waals surface area contributed by atoms with E-state index in [1.807, 2.05) is 32.9 Å². The first kappa shape index (κ1) is 21.6. The third-order valence-corrected chi connectivity index (χ3v) is 6.31. The monoisotopic (exact) mass is 426 g/mol. The smallest absolute Gasteiger partial charge is 0.262 e. The number of carbonyl (C=O) groups excluding carboxylic acids is 1. The Kier molecular flexibility index (Phi) is 6.62. The molecular weight excluding hydrogens is 400 g/mol. The van der Waals surface area contributed by atoms with Gasteiger partial charge in [0, 0.05) is 35.1 Å². The molecule has 0 atom stereocenters. The molecule has 0 saturated heterocycles. The van der Waals surface area contributed by atoms with Gasteiger partial charge in [0.2, 0.25) is 0 Å². The van der Waals surface area contributed by atoms with Gasteiger partial charge in [0.15, 0.2) is 0 Å². The number of ether oxygens (including phenoxy) is 1. The van der Waals surface area contributed by atoms with E-state index >= 15 is 0 Å². The number of anilines is 1. The largest absolute Gasteiger partial charge is 0.493 e. The molecule has 0 fully saturated rings. The number of rotatable bonds is 8. The van der Waals surface area contributed by atoms with Crippen LogP contribution in [0.2, 0.25) is 0 Å². The normalized spacial score (nSPS) is 11.3. The van der Waals surface area contributed by atoms with Gasteiger partial charge in [-0.15, -0.1) is 0 Å². The molecule has 3 aromatic carbocycles. The predicted octanol–water partition coefficient (Wildman–Crippen LogP) is 4.52. The standard InChI is InChI=1S/C23H26N2O4S/c1-4-25(5-2)23(26)17-11-13-18(14-12-17)24-30(27,28)22-16-15-21(29-6-3)19-9-7-8-10-20(19)22/h7-16,24H,4-6H2,1-3H3. The molecule has 6 nitrogen and oxygen atoms in total.